The molecule has 0 unspecified atom stereocenters. The van der Waals surface area contributed by atoms with Gasteiger partial charge in [-0.2, -0.15) is 11.3 Å². The van der Waals surface area contributed by atoms with Gasteiger partial charge in [0.15, 0.2) is 0 Å². The van der Waals surface area contributed by atoms with Crippen LogP contribution in [0.4, 0.5) is 10.1 Å². The second-order valence-corrected chi connectivity index (χ2v) is 3.71. The van der Waals surface area contributed by atoms with E-state index in [2.05, 4.69) is 0 Å². The molecule has 76 valence electrons. The highest BCUT2D eigenvalue weighted by Gasteiger charge is 2.12. The molecule has 0 fully saturated rings. The Kier molecular flexibility index (Phi) is 2.47. The summed E-state index contributed by atoms with van der Waals surface area (Å²) in [4.78, 5) is 9.99. The van der Waals surface area contributed by atoms with Gasteiger partial charge in [-0.3, -0.25) is 10.1 Å². The van der Waals surface area contributed by atoms with E-state index in [1.54, 1.807) is 16.8 Å². The van der Waals surface area contributed by atoms with Crippen LogP contribution in [0.1, 0.15) is 0 Å². The van der Waals surface area contributed by atoms with Crippen molar-refractivity contribution in [3.63, 3.8) is 0 Å². The molecule has 0 N–H and O–H groups in total. The molecular weight excluding hydrogens is 217 g/mol. The number of rotatable bonds is 2. The van der Waals surface area contributed by atoms with E-state index in [0.29, 0.717) is 5.56 Å². The van der Waals surface area contributed by atoms with E-state index in [-0.39, 0.29) is 11.3 Å². The highest BCUT2D eigenvalue weighted by molar-refractivity contribution is 7.08. The lowest BCUT2D eigenvalue weighted by atomic mass is 10.1. The molecule has 1 aromatic heterocycles. The summed E-state index contributed by atoms with van der Waals surface area (Å²) >= 11 is 1.42. The zero-order chi connectivity index (χ0) is 10.8. The highest BCUT2D eigenvalue weighted by atomic mass is 32.1. The maximum atomic E-state index is 13.4. The Morgan fingerprint density at radius 2 is 2.13 bits per heavy atom. The third kappa shape index (κ3) is 1.87. The largest absolute Gasteiger partial charge is 0.270 e. The molecule has 0 aliphatic rings. The number of nitro benzene ring substituents is 1. The van der Waals surface area contributed by atoms with Crippen LogP contribution < -0.4 is 0 Å². The van der Waals surface area contributed by atoms with Crippen LogP contribution in [0.5, 0.6) is 0 Å². The molecule has 0 aliphatic carbocycles. The van der Waals surface area contributed by atoms with Crippen LogP contribution in [0.15, 0.2) is 35.0 Å². The molecule has 0 amide bonds. The van der Waals surface area contributed by atoms with Gasteiger partial charge < -0.3 is 0 Å². The molecule has 1 aromatic carbocycles. The van der Waals surface area contributed by atoms with E-state index in [9.17, 15) is 14.5 Å². The van der Waals surface area contributed by atoms with E-state index in [1.807, 2.05) is 0 Å². The van der Waals surface area contributed by atoms with Crippen molar-refractivity contribution in [2.45, 2.75) is 0 Å². The quantitative estimate of drug-likeness (QED) is 0.578. The normalized spacial score (nSPS) is 10.2. The molecule has 3 nitrogen and oxygen atoms in total. The summed E-state index contributed by atoms with van der Waals surface area (Å²) in [6.07, 6.45) is 0. The first kappa shape index (κ1) is 9.79. The van der Waals surface area contributed by atoms with Crippen LogP contribution in [-0.4, -0.2) is 4.92 Å². The van der Waals surface area contributed by atoms with Crippen molar-refractivity contribution < 1.29 is 9.31 Å². The summed E-state index contributed by atoms with van der Waals surface area (Å²) in [5, 5.41) is 14.1. The van der Waals surface area contributed by atoms with Gasteiger partial charge in [0.2, 0.25) is 0 Å². The van der Waals surface area contributed by atoms with Gasteiger partial charge in [0.05, 0.1) is 4.92 Å². The lowest BCUT2D eigenvalue weighted by Crippen LogP contribution is -1.90. The number of hydrogen-bond acceptors (Lipinski definition) is 3. The summed E-state index contributed by atoms with van der Waals surface area (Å²) in [6.45, 7) is 0. The van der Waals surface area contributed by atoms with Crippen molar-refractivity contribution in [2.24, 2.45) is 0 Å². The lowest BCUT2D eigenvalue weighted by Gasteiger charge is -1.99. The van der Waals surface area contributed by atoms with Crippen LogP contribution in [-0.2, 0) is 0 Å². The molecule has 0 atom stereocenters. The zero-order valence-corrected chi connectivity index (χ0v) is 8.33. The maximum absolute atomic E-state index is 13.4. The first-order chi connectivity index (χ1) is 7.18. The summed E-state index contributed by atoms with van der Waals surface area (Å²) in [5.74, 6) is -0.445. The Morgan fingerprint density at radius 1 is 1.33 bits per heavy atom. The van der Waals surface area contributed by atoms with E-state index in [1.165, 1.54) is 17.4 Å². The fourth-order valence-electron chi connectivity index (χ4n) is 1.27. The second kappa shape index (κ2) is 3.78. The van der Waals surface area contributed by atoms with E-state index in [0.717, 1.165) is 12.1 Å². The minimum Gasteiger partial charge on any atom is -0.258 e. The predicted octanol–water partition coefficient (Wildman–Crippen LogP) is 3.46. The van der Waals surface area contributed by atoms with Gasteiger partial charge in [0.1, 0.15) is 5.82 Å². The first-order valence-corrected chi connectivity index (χ1v) is 5.09. The smallest absolute Gasteiger partial charge is 0.258 e. The number of thiophene rings is 1. The van der Waals surface area contributed by atoms with Crippen LogP contribution in [0.25, 0.3) is 11.1 Å². The lowest BCUT2D eigenvalue weighted by molar-refractivity contribution is -0.384. The molecule has 5 heteroatoms. The Morgan fingerprint density at radius 3 is 2.73 bits per heavy atom. The number of hydrogen-bond donors (Lipinski definition) is 0. The predicted molar refractivity (Wildman–Crippen MR) is 56.4 cm³/mol. The highest BCUT2D eigenvalue weighted by Crippen LogP contribution is 2.28. The molecule has 15 heavy (non-hydrogen) atoms. The van der Waals surface area contributed by atoms with Crippen molar-refractivity contribution in [1.29, 1.82) is 0 Å². The van der Waals surface area contributed by atoms with Gasteiger partial charge >= 0.3 is 0 Å². The maximum Gasteiger partial charge on any atom is 0.270 e. The molecule has 2 aromatic rings. The topological polar surface area (TPSA) is 43.1 Å². The molecule has 0 aliphatic heterocycles. The summed E-state index contributed by atoms with van der Waals surface area (Å²) < 4.78 is 13.4. The molecule has 0 saturated carbocycles. The van der Waals surface area contributed by atoms with Crippen molar-refractivity contribution in [2.75, 3.05) is 0 Å². The summed E-state index contributed by atoms with van der Waals surface area (Å²) in [5.41, 5.74) is 0.837. The van der Waals surface area contributed by atoms with Crippen molar-refractivity contribution in [3.8, 4) is 11.1 Å². The Labute approximate surface area is 88.9 Å². The van der Waals surface area contributed by atoms with Crippen LogP contribution in [0.2, 0.25) is 0 Å². The molecule has 1 heterocycles. The Hall–Kier alpha value is -1.75. The minimum atomic E-state index is -0.532. The van der Waals surface area contributed by atoms with Crippen molar-refractivity contribution in [3.05, 3.63) is 51.0 Å². The SMILES string of the molecule is O=[N+]([O-])c1ccc(F)c(-c2ccsc2)c1. The number of non-ortho nitro benzene ring substituents is 1. The minimum absolute atomic E-state index is 0.0994. The first-order valence-electron chi connectivity index (χ1n) is 4.15. The van der Waals surface area contributed by atoms with E-state index < -0.39 is 10.7 Å². The standard InChI is InChI=1S/C10H6FNO2S/c11-10-2-1-8(12(13)14)5-9(10)7-3-4-15-6-7/h1-6H. The molecule has 0 saturated heterocycles. The van der Waals surface area contributed by atoms with E-state index in [4.69, 9.17) is 0 Å². The Balaban J connectivity index is 2.55. The van der Waals surface area contributed by atoms with Crippen molar-refractivity contribution >= 4 is 17.0 Å². The van der Waals surface area contributed by atoms with Gasteiger partial charge in [0.25, 0.3) is 5.69 Å². The van der Waals surface area contributed by atoms with Gasteiger partial charge in [-0.1, -0.05) is 0 Å². The number of halogens is 1. The van der Waals surface area contributed by atoms with Crippen LogP contribution >= 0.6 is 11.3 Å². The fourth-order valence-corrected chi connectivity index (χ4v) is 1.92. The average molecular weight is 223 g/mol. The van der Waals surface area contributed by atoms with Gasteiger partial charge in [0, 0.05) is 17.7 Å². The zero-order valence-electron chi connectivity index (χ0n) is 7.51. The monoisotopic (exact) mass is 223 g/mol. The number of benzene rings is 1. The molecular formula is C10H6FNO2S. The third-order valence-corrected chi connectivity index (χ3v) is 2.68. The molecule has 2 rings (SSSR count). The van der Waals surface area contributed by atoms with E-state index >= 15 is 0 Å². The average Bonchev–Trinajstić information content (AvgIpc) is 2.71. The summed E-state index contributed by atoms with van der Waals surface area (Å²) in [6, 6.07) is 5.25. The second-order valence-electron chi connectivity index (χ2n) is 2.93. The summed E-state index contributed by atoms with van der Waals surface area (Å²) in [7, 11) is 0. The molecule has 0 spiro atoms. The van der Waals surface area contributed by atoms with Gasteiger partial charge in [-0.25, -0.2) is 4.39 Å². The van der Waals surface area contributed by atoms with Gasteiger partial charge in [-0.15, -0.1) is 0 Å². The number of nitrogens with zero attached hydrogens (tertiary/aromatic N) is 1. The fraction of sp³-hybridized carbons (Fsp3) is 0. The third-order valence-electron chi connectivity index (χ3n) is 1.99. The van der Waals surface area contributed by atoms with Crippen LogP contribution in [0, 0.1) is 15.9 Å². The van der Waals surface area contributed by atoms with Crippen molar-refractivity contribution in [1.82, 2.24) is 0 Å². The molecule has 0 radical (unpaired) electrons. The molecule has 0 bridgehead atoms. The number of nitro groups is 1. The van der Waals surface area contributed by atoms with Crippen LogP contribution in [0.3, 0.4) is 0 Å². The van der Waals surface area contributed by atoms with Gasteiger partial charge in [-0.05, 0) is 28.5 Å². The Bertz CT molecular complexity index is 496.